The third-order valence-corrected chi connectivity index (χ3v) is 1.87. The average Bonchev–Trinajstić information content (AvgIpc) is 2.33. The fourth-order valence-corrected chi connectivity index (χ4v) is 0.955. The van der Waals surface area contributed by atoms with Gasteiger partial charge in [-0.05, 0) is 0 Å². The number of aliphatic hydroxyl groups excluding tert-OH is 1. The zero-order valence-corrected chi connectivity index (χ0v) is 7.26. The van der Waals surface area contributed by atoms with E-state index in [9.17, 15) is 0 Å². The maximum atomic E-state index is 9.03. The van der Waals surface area contributed by atoms with Gasteiger partial charge in [0.15, 0.2) is 0 Å². The number of anilines is 2. The van der Waals surface area contributed by atoms with Gasteiger partial charge in [0.1, 0.15) is 5.82 Å². The van der Waals surface area contributed by atoms with Crippen LogP contribution >= 0.6 is 0 Å². The Balaban J connectivity index is 3.11. The molecule has 1 rings (SSSR count). The standard InChI is InChI=1S/C7H14N4O/c1-7(2,3-12)5-4(8)6(9)11-10-5/h12H,3,8H2,1-2H3,(H3,9,10,11). The van der Waals surface area contributed by atoms with Gasteiger partial charge < -0.3 is 16.6 Å². The molecule has 1 heterocycles. The molecule has 0 saturated carbocycles. The van der Waals surface area contributed by atoms with Crippen molar-refractivity contribution in [2.75, 3.05) is 18.1 Å². The van der Waals surface area contributed by atoms with Crippen molar-refractivity contribution < 1.29 is 5.11 Å². The van der Waals surface area contributed by atoms with Crippen molar-refractivity contribution >= 4 is 11.5 Å². The maximum absolute atomic E-state index is 9.03. The van der Waals surface area contributed by atoms with E-state index in [1.54, 1.807) is 0 Å². The minimum Gasteiger partial charge on any atom is -0.395 e. The highest BCUT2D eigenvalue weighted by atomic mass is 16.3. The first kappa shape index (κ1) is 8.86. The minimum atomic E-state index is -0.446. The van der Waals surface area contributed by atoms with Crippen molar-refractivity contribution in [1.82, 2.24) is 10.2 Å². The van der Waals surface area contributed by atoms with Crippen molar-refractivity contribution in [3.8, 4) is 0 Å². The number of nitrogens with zero attached hydrogens (tertiary/aromatic N) is 1. The number of nitrogens with two attached hydrogens (primary N) is 2. The molecule has 0 bridgehead atoms. The second kappa shape index (κ2) is 2.67. The van der Waals surface area contributed by atoms with Crippen LogP contribution in [0.3, 0.4) is 0 Å². The lowest BCUT2D eigenvalue weighted by Crippen LogP contribution is -2.23. The Labute approximate surface area is 70.8 Å². The van der Waals surface area contributed by atoms with Gasteiger partial charge in [0, 0.05) is 5.41 Å². The van der Waals surface area contributed by atoms with Crippen LogP contribution in [0, 0.1) is 0 Å². The van der Waals surface area contributed by atoms with E-state index in [1.165, 1.54) is 0 Å². The van der Waals surface area contributed by atoms with E-state index in [2.05, 4.69) is 10.2 Å². The topological polar surface area (TPSA) is 101 Å². The van der Waals surface area contributed by atoms with E-state index in [4.69, 9.17) is 16.6 Å². The van der Waals surface area contributed by atoms with Gasteiger partial charge in [-0.15, -0.1) is 0 Å². The molecule has 0 amide bonds. The Bertz CT molecular complexity index is 279. The molecule has 0 radical (unpaired) electrons. The van der Waals surface area contributed by atoms with E-state index in [1.807, 2.05) is 13.8 Å². The quantitative estimate of drug-likeness (QED) is 0.495. The van der Waals surface area contributed by atoms with Crippen LogP contribution in [-0.4, -0.2) is 21.9 Å². The number of nitrogen functional groups attached to an aromatic ring is 2. The molecule has 0 saturated heterocycles. The van der Waals surface area contributed by atoms with E-state index in [0.717, 1.165) is 0 Å². The predicted octanol–water partition coefficient (Wildman–Crippen LogP) is -0.156. The molecule has 0 aliphatic carbocycles. The third kappa shape index (κ3) is 1.23. The fraction of sp³-hybridized carbons (Fsp3) is 0.571. The minimum absolute atomic E-state index is 0.0124. The molecule has 0 spiro atoms. The van der Waals surface area contributed by atoms with Crippen molar-refractivity contribution in [1.29, 1.82) is 0 Å². The van der Waals surface area contributed by atoms with Crippen molar-refractivity contribution in [3.05, 3.63) is 5.69 Å². The van der Waals surface area contributed by atoms with Crippen LogP contribution < -0.4 is 11.5 Å². The van der Waals surface area contributed by atoms with E-state index >= 15 is 0 Å². The fourth-order valence-electron chi connectivity index (χ4n) is 0.955. The highest BCUT2D eigenvalue weighted by molar-refractivity contribution is 5.62. The summed E-state index contributed by atoms with van der Waals surface area (Å²) in [5.74, 6) is 0.353. The highest BCUT2D eigenvalue weighted by Crippen LogP contribution is 2.28. The van der Waals surface area contributed by atoms with Crippen LogP contribution in [0.2, 0.25) is 0 Å². The molecule has 5 nitrogen and oxygen atoms in total. The van der Waals surface area contributed by atoms with Gasteiger partial charge in [-0.3, -0.25) is 5.10 Å². The second-order valence-electron chi connectivity index (χ2n) is 3.44. The first-order valence-corrected chi connectivity index (χ1v) is 3.69. The average molecular weight is 170 g/mol. The predicted molar refractivity (Wildman–Crippen MR) is 47.5 cm³/mol. The second-order valence-corrected chi connectivity index (χ2v) is 3.44. The number of nitrogens with one attached hydrogen (secondary N) is 1. The molecular formula is C7H14N4O. The Morgan fingerprint density at radius 2 is 2.08 bits per heavy atom. The summed E-state index contributed by atoms with van der Waals surface area (Å²) in [4.78, 5) is 0. The lowest BCUT2D eigenvalue weighted by atomic mass is 9.90. The largest absolute Gasteiger partial charge is 0.395 e. The summed E-state index contributed by atoms with van der Waals surface area (Å²) >= 11 is 0. The SMILES string of the molecule is CC(C)(CO)c1n[nH]c(N)c1N. The van der Waals surface area contributed by atoms with Gasteiger partial charge in [-0.2, -0.15) is 5.10 Å². The van der Waals surface area contributed by atoms with Gasteiger partial charge in [0.25, 0.3) is 0 Å². The first-order chi connectivity index (χ1) is 5.49. The summed E-state index contributed by atoms with van der Waals surface area (Å²) in [7, 11) is 0. The first-order valence-electron chi connectivity index (χ1n) is 3.69. The Kier molecular flexibility index (Phi) is 1.97. The zero-order valence-electron chi connectivity index (χ0n) is 7.26. The number of H-pyrrole nitrogens is 1. The molecule has 5 heteroatoms. The van der Waals surface area contributed by atoms with Crippen LogP contribution in [0.4, 0.5) is 11.5 Å². The molecule has 0 atom stereocenters. The normalized spacial score (nSPS) is 11.9. The maximum Gasteiger partial charge on any atom is 0.142 e. The van der Waals surface area contributed by atoms with Gasteiger partial charge in [0.2, 0.25) is 0 Å². The summed E-state index contributed by atoms with van der Waals surface area (Å²) in [6.45, 7) is 3.68. The lowest BCUT2D eigenvalue weighted by molar-refractivity contribution is 0.215. The van der Waals surface area contributed by atoms with E-state index < -0.39 is 5.41 Å². The molecule has 0 aliphatic heterocycles. The summed E-state index contributed by atoms with van der Waals surface area (Å²) in [5, 5.41) is 15.5. The highest BCUT2D eigenvalue weighted by Gasteiger charge is 2.26. The molecule has 1 aromatic heterocycles. The smallest absolute Gasteiger partial charge is 0.142 e. The van der Waals surface area contributed by atoms with E-state index in [0.29, 0.717) is 17.2 Å². The molecule has 12 heavy (non-hydrogen) atoms. The molecule has 0 fully saturated rings. The molecule has 0 aliphatic rings. The summed E-state index contributed by atoms with van der Waals surface area (Å²) in [6, 6.07) is 0. The molecule has 0 aromatic carbocycles. The van der Waals surface area contributed by atoms with Crippen LogP contribution in [-0.2, 0) is 5.41 Å². The summed E-state index contributed by atoms with van der Waals surface area (Å²) in [6.07, 6.45) is 0. The Morgan fingerprint density at radius 1 is 1.50 bits per heavy atom. The number of aromatic amines is 1. The van der Waals surface area contributed by atoms with E-state index in [-0.39, 0.29) is 6.61 Å². The van der Waals surface area contributed by atoms with Gasteiger partial charge in [-0.25, -0.2) is 0 Å². The summed E-state index contributed by atoms with van der Waals surface area (Å²) in [5.41, 5.74) is 11.7. The van der Waals surface area contributed by atoms with Crippen LogP contribution in [0.5, 0.6) is 0 Å². The van der Waals surface area contributed by atoms with Crippen molar-refractivity contribution in [3.63, 3.8) is 0 Å². The Morgan fingerprint density at radius 3 is 2.42 bits per heavy atom. The van der Waals surface area contributed by atoms with Crippen LogP contribution in [0.25, 0.3) is 0 Å². The molecule has 68 valence electrons. The Hall–Kier alpha value is -1.23. The lowest BCUT2D eigenvalue weighted by Gasteiger charge is -2.19. The van der Waals surface area contributed by atoms with Crippen molar-refractivity contribution in [2.24, 2.45) is 0 Å². The number of hydrogen-bond acceptors (Lipinski definition) is 4. The van der Waals surface area contributed by atoms with Gasteiger partial charge in [-0.1, -0.05) is 13.8 Å². The zero-order chi connectivity index (χ0) is 9.35. The molecular weight excluding hydrogens is 156 g/mol. The van der Waals surface area contributed by atoms with Crippen LogP contribution in [0.15, 0.2) is 0 Å². The van der Waals surface area contributed by atoms with Gasteiger partial charge in [0.05, 0.1) is 18.0 Å². The number of aromatic nitrogens is 2. The monoisotopic (exact) mass is 170 g/mol. The van der Waals surface area contributed by atoms with Crippen molar-refractivity contribution in [2.45, 2.75) is 19.3 Å². The number of aliphatic hydroxyl groups is 1. The molecule has 6 N–H and O–H groups in total. The molecule has 0 unspecified atom stereocenters. The van der Waals surface area contributed by atoms with Gasteiger partial charge >= 0.3 is 0 Å². The third-order valence-electron chi connectivity index (χ3n) is 1.87. The van der Waals surface area contributed by atoms with Crippen LogP contribution in [0.1, 0.15) is 19.5 Å². The number of rotatable bonds is 2. The molecule has 1 aromatic rings. The summed E-state index contributed by atoms with van der Waals surface area (Å²) < 4.78 is 0. The number of hydrogen-bond donors (Lipinski definition) is 4.